The number of likely N-dealkylation sites (tertiary alicyclic amines) is 1. The standard InChI is InChI=1S/C9H15NO2/c1-2-8(11)5-7-10-6-3-4-9(10)12/h2-7H2,1H3. The van der Waals surface area contributed by atoms with E-state index >= 15 is 0 Å². The fourth-order valence-electron chi connectivity index (χ4n) is 1.38. The summed E-state index contributed by atoms with van der Waals surface area (Å²) in [5.41, 5.74) is 0. The molecular weight excluding hydrogens is 154 g/mol. The van der Waals surface area contributed by atoms with Crippen LogP contribution in [-0.4, -0.2) is 29.7 Å². The van der Waals surface area contributed by atoms with E-state index in [1.165, 1.54) is 0 Å². The number of nitrogens with zero attached hydrogens (tertiary/aromatic N) is 1. The monoisotopic (exact) mass is 169 g/mol. The van der Waals surface area contributed by atoms with Gasteiger partial charge in [-0.25, -0.2) is 0 Å². The number of rotatable bonds is 4. The van der Waals surface area contributed by atoms with Crippen LogP contribution in [-0.2, 0) is 9.59 Å². The van der Waals surface area contributed by atoms with Gasteiger partial charge in [-0.05, 0) is 6.42 Å². The molecule has 1 saturated heterocycles. The minimum atomic E-state index is 0.207. The van der Waals surface area contributed by atoms with Gasteiger partial charge >= 0.3 is 0 Å². The summed E-state index contributed by atoms with van der Waals surface area (Å²) in [6, 6.07) is 0. The van der Waals surface area contributed by atoms with Crippen molar-refractivity contribution in [3.63, 3.8) is 0 Å². The second-order valence-electron chi connectivity index (χ2n) is 3.13. The van der Waals surface area contributed by atoms with Crippen LogP contribution in [0.3, 0.4) is 0 Å². The molecule has 68 valence electrons. The van der Waals surface area contributed by atoms with Crippen molar-refractivity contribution < 1.29 is 9.59 Å². The van der Waals surface area contributed by atoms with Gasteiger partial charge in [-0.15, -0.1) is 0 Å². The van der Waals surface area contributed by atoms with Crippen molar-refractivity contribution in [2.45, 2.75) is 32.6 Å². The van der Waals surface area contributed by atoms with Crippen molar-refractivity contribution in [3.8, 4) is 0 Å². The molecule has 1 amide bonds. The van der Waals surface area contributed by atoms with Crippen molar-refractivity contribution in [2.24, 2.45) is 0 Å². The van der Waals surface area contributed by atoms with E-state index in [9.17, 15) is 9.59 Å². The van der Waals surface area contributed by atoms with Gasteiger partial charge in [-0.2, -0.15) is 0 Å². The maximum absolute atomic E-state index is 11.1. The molecule has 0 N–H and O–H groups in total. The number of carbonyl (C=O) groups is 2. The Hall–Kier alpha value is -0.860. The molecule has 0 aromatic rings. The van der Waals surface area contributed by atoms with E-state index in [4.69, 9.17) is 0 Å². The Balaban J connectivity index is 2.22. The lowest BCUT2D eigenvalue weighted by molar-refractivity contribution is -0.128. The SMILES string of the molecule is CCC(=O)CCN1CCCC1=O. The molecule has 1 fully saturated rings. The molecule has 0 aliphatic carbocycles. The summed E-state index contributed by atoms with van der Waals surface area (Å²) in [6.07, 6.45) is 2.74. The second-order valence-corrected chi connectivity index (χ2v) is 3.13. The maximum Gasteiger partial charge on any atom is 0.222 e. The van der Waals surface area contributed by atoms with Crippen LogP contribution in [0.5, 0.6) is 0 Å². The highest BCUT2D eigenvalue weighted by atomic mass is 16.2. The van der Waals surface area contributed by atoms with E-state index in [1.54, 1.807) is 4.90 Å². The van der Waals surface area contributed by atoms with Crippen LogP contribution in [0.1, 0.15) is 32.6 Å². The van der Waals surface area contributed by atoms with Crippen molar-refractivity contribution in [1.29, 1.82) is 0 Å². The first-order valence-corrected chi connectivity index (χ1v) is 4.53. The van der Waals surface area contributed by atoms with Gasteiger partial charge in [-0.3, -0.25) is 9.59 Å². The van der Waals surface area contributed by atoms with Gasteiger partial charge in [0.15, 0.2) is 0 Å². The molecular formula is C9H15NO2. The Kier molecular flexibility index (Phi) is 3.26. The largest absolute Gasteiger partial charge is 0.342 e. The zero-order valence-electron chi connectivity index (χ0n) is 7.51. The molecule has 1 aliphatic heterocycles. The maximum atomic E-state index is 11.1. The second kappa shape index (κ2) is 4.24. The van der Waals surface area contributed by atoms with E-state index in [2.05, 4.69) is 0 Å². The Labute approximate surface area is 72.7 Å². The highest BCUT2D eigenvalue weighted by Crippen LogP contribution is 2.09. The van der Waals surface area contributed by atoms with Crippen LogP contribution in [0.15, 0.2) is 0 Å². The minimum absolute atomic E-state index is 0.207. The molecule has 12 heavy (non-hydrogen) atoms. The van der Waals surface area contributed by atoms with E-state index < -0.39 is 0 Å². The summed E-state index contributed by atoms with van der Waals surface area (Å²) in [7, 11) is 0. The van der Waals surface area contributed by atoms with E-state index in [-0.39, 0.29) is 11.7 Å². The fraction of sp³-hybridized carbons (Fsp3) is 0.778. The summed E-state index contributed by atoms with van der Waals surface area (Å²) in [4.78, 5) is 23.8. The molecule has 0 spiro atoms. The van der Waals surface area contributed by atoms with Gasteiger partial charge < -0.3 is 4.90 Å². The number of carbonyl (C=O) groups excluding carboxylic acids is 2. The third-order valence-corrected chi connectivity index (χ3v) is 2.23. The third-order valence-electron chi connectivity index (χ3n) is 2.23. The topological polar surface area (TPSA) is 37.4 Å². The van der Waals surface area contributed by atoms with Crippen LogP contribution < -0.4 is 0 Å². The van der Waals surface area contributed by atoms with Crippen molar-refractivity contribution in [1.82, 2.24) is 4.90 Å². The lowest BCUT2D eigenvalue weighted by Gasteiger charge is -2.13. The van der Waals surface area contributed by atoms with Crippen LogP contribution in [0.2, 0.25) is 0 Å². The molecule has 1 aliphatic rings. The van der Waals surface area contributed by atoms with Gasteiger partial charge in [0.05, 0.1) is 0 Å². The summed E-state index contributed by atoms with van der Waals surface area (Å²) < 4.78 is 0. The Morgan fingerprint density at radius 1 is 1.58 bits per heavy atom. The average molecular weight is 169 g/mol. The first kappa shape index (κ1) is 9.23. The van der Waals surface area contributed by atoms with E-state index in [1.807, 2.05) is 6.92 Å². The molecule has 0 radical (unpaired) electrons. The number of ketones is 1. The lowest BCUT2D eigenvalue weighted by Crippen LogP contribution is -2.27. The number of hydrogen-bond donors (Lipinski definition) is 0. The van der Waals surface area contributed by atoms with E-state index in [0.717, 1.165) is 13.0 Å². The first-order valence-electron chi connectivity index (χ1n) is 4.53. The lowest BCUT2D eigenvalue weighted by atomic mass is 10.2. The van der Waals surface area contributed by atoms with Crippen LogP contribution in [0, 0.1) is 0 Å². The predicted octanol–water partition coefficient (Wildman–Crippen LogP) is 0.978. The molecule has 0 unspecified atom stereocenters. The molecule has 0 bridgehead atoms. The zero-order valence-corrected chi connectivity index (χ0v) is 7.51. The van der Waals surface area contributed by atoms with Gasteiger partial charge in [-0.1, -0.05) is 6.92 Å². The van der Waals surface area contributed by atoms with Gasteiger partial charge in [0.2, 0.25) is 5.91 Å². The quantitative estimate of drug-likeness (QED) is 0.629. The minimum Gasteiger partial charge on any atom is -0.342 e. The van der Waals surface area contributed by atoms with E-state index in [0.29, 0.717) is 25.8 Å². The van der Waals surface area contributed by atoms with Crippen LogP contribution >= 0.6 is 0 Å². The van der Waals surface area contributed by atoms with Crippen molar-refractivity contribution in [3.05, 3.63) is 0 Å². The molecule has 1 heterocycles. The molecule has 3 heteroatoms. The number of amides is 1. The predicted molar refractivity (Wildman–Crippen MR) is 45.7 cm³/mol. The molecule has 0 atom stereocenters. The Bertz CT molecular complexity index is 189. The highest BCUT2D eigenvalue weighted by molar-refractivity contribution is 5.81. The van der Waals surface area contributed by atoms with Crippen LogP contribution in [0.4, 0.5) is 0 Å². The van der Waals surface area contributed by atoms with Gasteiger partial charge in [0, 0.05) is 32.4 Å². The fourth-order valence-corrected chi connectivity index (χ4v) is 1.38. The summed E-state index contributed by atoms with van der Waals surface area (Å²) in [6.45, 7) is 3.33. The summed E-state index contributed by atoms with van der Waals surface area (Å²) in [5, 5.41) is 0. The highest BCUT2D eigenvalue weighted by Gasteiger charge is 2.19. The number of Topliss-reactive ketones (excluding diaryl/α,β-unsaturated/α-hetero) is 1. The molecule has 1 rings (SSSR count). The summed E-state index contributed by atoms with van der Waals surface area (Å²) >= 11 is 0. The van der Waals surface area contributed by atoms with Crippen molar-refractivity contribution >= 4 is 11.7 Å². The van der Waals surface area contributed by atoms with Gasteiger partial charge in [0.25, 0.3) is 0 Å². The molecule has 0 aromatic carbocycles. The molecule has 0 aromatic heterocycles. The van der Waals surface area contributed by atoms with Crippen LogP contribution in [0.25, 0.3) is 0 Å². The first-order chi connectivity index (χ1) is 5.74. The molecule has 0 saturated carbocycles. The van der Waals surface area contributed by atoms with Gasteiger partial charge in [0.1, 0.15) is 5.78 Å². The average Bonchev–Trinajstić information content (AvgIpc) is 2.47. The molecule has 3 nitrogen and oxygen atoms in total. The third kappa shape index (κ3) is 2.32. The Morgan fingerprint density at radius 3 is 2.83 bits per heavy atom. The normalized spacial score (nSPS) is 17.1. The Morgan fingerprint density at radius 2 is 2.33 bits per heavy atom. The number of hydrogen-bond acceptors (Lipinski definition) is 2. The van der Waals surface area contributed by atoms with Crippen molar-refractivity contribution in [2.75, 3.05) is 13.1 Å². The summed E-state index contributed by atoms with van der Waals surface area (Å²) in [5.74, 6) is 0.452. The smallest absolute Gasteiger partial charge is 0.222 e. The zero-order chi connectivity index (χ0) is 8.97.